The fraction of sp³-hybridized carbons (Fsp3) is 0.737. The maximum atomic E-state index is 13.0. The zero-order valence-electron chi connectivity index (χ0n) is 15.3. The summed E-state index contributed by atoms with van der Waals surface area (Å²) in [5.74, 6) is 0.222. The number of piperidine rings is 1. The number of nitrogens with zero attached hydrogens (tertiary/aromatic N) is 2. The second kappa shape index (κ2) is 8.39. The lowest BCUT2D eigenvalue weighted by Crippen LogP contribution is -2.47. The van der Waals surface area contributed by atoms with Crippen molar-refractivity contribution in [2.24, 2.45) is 0 Å². The quantitative estimate of drug-likeness (QED) is 0.896. The van der Waals surface area contributed by atoms with Crippen molar-refractivity contribution in [1.82, 2.24) is 14.8 Å². The second-order valence-electron chi connectivity index (χ2n) is 7.33. The van der Waals surface area contributed by atoms with Crippen LogP contribution < -0.4 is 5.32 Å². The predicted molar refractivity (Wildman–Crippen MR) is 101 cm³/mol. The molecule has 1 aromatic heterocycles. The predicted octanol–water partition coefficient (Wildman–Crippen LogP) is 3.86. The van der Waals surface area contributed by atoms with Crippen molar-refractivity contribution in [3.8, 4) is 0 Å². The Bertz CT molecular complexity index is 563. The van der Waals surface area contributed by atoms with Gasteiger partial charge < -0.3 is 14.8 Å². The summed E-state index contributed by atoms with van der Waals surface area (Å²) < 4.78 is 2.44. The Morgan fingerprint density at radius 2 is 1.83 bits per heavy atom. The molecule has 0 spiro atoms. The van der Waals surface area contributed by atoms with E-state index in [0.29, 0.717) is 12.1 Å². The highest BCUT2D eigenvalue weighted by atomic mass is 35.5. The minimum atomic E-state index is 0. The number of carbonyl (C=O) groups excluding carboxylic acids is 1. The summed E-state index contributed by atoms with van der Waals surface area (Å²) in [5, 5.41) is 3.32. The third-order valence-electron chi connectivity index (χ3n) is 5.77. The summed E-state index contributed by atoms with van der Waals surface area (Å²) in [5.41, 5.74) is 3.34. The van der Waals surface area contributed by atoms with Gasteiger partial charge in [-0.15, -0.1) is 12.4 Å². The number of likely N-dealkylation sites (N-methyl/N-ethyl adjacent to an activating group) is 1. The summed E-state index contributed by atoms with van der Waals surface area (Å²) in [6.45, 7) is 6.02. The van der Waals surface area contributed by atoms with E-state index < -0.39 is 0 Å². The van der Waals surface area contributed by atoms with E-state index in [1.807, 2.05) is 11.9 Å². The van der Waals surface area contributed by atoms with Crippen LogP contribution in [0.1, 0.15) is 72.7 Å². The van der Waals surface area contributed by atoms with Crippen molar-refractivity contribution in [3.05, 3.63) is 23.0 Å². The second-order valence-corrected chi connectivity index (χ2v) is 7.33. The summed E-state index contributed by atoms with van der Waals surface area (Å²) in [7, 11) is 1.99. The van der Waals surface area contributed by atoms with Crippen molar-refractivity contribution < 1.29 is 4.79 Å². The van der Waals surface area contributed by atoms with Crippen LogP contribution in [0.5, 0.6) is 0 Å². The fourth-order valence-corrected chi connectivity index (χ4v) is 4.46. The molecule has 24 heavy (non-hydrogen) atoms. The zero-order valence-corrected chi connectivity index (χ0v) is 16.1. The van der Waals surface area contributed by atoms with Crippen LogP contribution in [0.25, 0.3) is 0 Å². The van der Waals surface area contributed by atoms with E-state index in [9.17, 15) is 4.79 Å². The molecule has 2 heterocycles. The van der Waals surface area contributed by atoms with Crippen LogP contribution in [-0.4, -0.2) is 41.6 Å². The highest BCUT2D eigenvalue weighted by molar-refractivity contribution is 5.95. The Morgan fingerprint density at radius 3 is 2.50 bits per heavy atom. The van der Waals surface area contributed by atoms with Gasteiger partial charge in [0.05, 0.1) is 5.56 Å². The van der Waals surface area contributed by atoms with E-state index in [1.165, 1.54) is 49.9 Å². The first kappa shape index (κ1) is 19.3. The van der Waals surface area contributed by atoms with Crippen LogP contribution in [0.4, 0.5) is 0 Å². The van der Waals surface area contributed by atoms with E-state index in [-0.39, 0.29) is 18.3 Å². The molecule has 1 aromatic rings. The van der Waals surface area contributed by atoms with Crippen molar-refractivity contribution in [1.29, 1.82) is 0 Å². The van der Waals surface area contributed by atoms with Gasteiger partial charge in [0.15, 0.2) is 0 Å². The number of hydrogen-bond donors (Lipinski definition) is 1. The van der Waals surface area contributed by atoms with Gasteiger partial charge in [-0.25, -0.2) is 0 Å². The normalized spacial score (nSPS) is 22.3. The molecular formula is C19H32ClN3O. The number of aromatic nitrogens is 1. The number of amides is 1. The van der Waals surface area contributed by atoms with Gasteiger partial charge in [-0.1, -0.05) is 19.3 Å². The van der Waals surface area contributed by atoms with Crippen LogP contribution in [0.3, 0.4) is 0 Å². The molecule has 5 heteroatoms. The van der Waals surface area contributed by atoms with E-state index in [1.54, 1.807) is 0 Å². The molecule has 136 valence electrons. The monoisotopic (exact) mass is 353 g/mol. The van der Waals surface area contributed by atoms with Crippen LogP contribution in [0.2, 0.25) is 0 Å². The topological polar surface area (TPSA) is 37.3 Å². The van der Waals surface area contributed by atoms with E-state index in [4.69, 9.17) is 0 Å². The molecule has 1 N–H and O–H groups in total. The molecule has 1 saturated heterocycles. The van der Waals surface area contributed by atoms with Gasteiger partial charge in [-0.2, -0.15) is 0 Å². The van der Waals surface area contributed by atoms with E-state index >= 15 is 0 Å². The van der Waals surface area contributed by atoms with Crippen molar-refractivity contribution in [2.45, 2.75) is 70.9 Å². The molecule has 0 bridgehead atoms. The van der Waals surface area contributed by atoms with Crippen molar-refractivity contribution >= 4 is 18.3 Å². The molecule has 4 nitrogen and oxygen atoms in total. The van der Waals surface area contributed by atoms with Crippen LogP contribution in [0.15, 0.2) is 6.07 Å². The minimum absolute atomic E-state index is 0. The molecule has 0 radical (unpaired) electrons. The molecule has 1 aliphatic carbocycles. The highest BCUT2D eigenvalue weighted by Crippen LogP contribution is 2.32. The molecule has 1 amide bonds. The van der Waals surface area contributed by atoms with Gasteiger partial charge in [0.25, 0.3) is 5.91 Å². The average molecular weight is 354 g/mol. The Morgan fingerprint density at radius 1 is 1.12 bits per heavy atom. The molecule has 1 aliphatic heterocycles. The maximum Gasteiger partial charge on any atom is 0.255 e. The number of nitrogens with one attached hydrogen (secondary N) is 1. The number of aryl methyl sites for hydroxylation is 1. The first-order chi connectivity index (χ1) is 11.1. The first-order valence-corrected chi connectivity index (χ1v) is 9.26. The Labute approximate surface area is 152 Å². The van der Waals surface area contributed by atoms with Gasteiger partial charge >= 0.3 is 0 Å². The lowest BCUT2D eigenvalue weighted by atomic mass is 9.95. The minimum Gasteiger partial charge on any atom is -0.345 e. The van der Waals surface area contributed by atoms with Crippen LogP contribution in [0, 0.1) is 13.8 Å². The molecule has 1 unspecified atom stereocenters. The van der Waals surface area contributed by atoms with E-state index in [0.717, 1.165) is 25.1 Å². The smallest absolute Gasteiger partial charge is 0.255 e. The fourth-order valence-electron chi connectivity index (χ4n) is 4.46. The molecule has 3 rings (SSSR count). The van der Waals surface area contributed by atoms with Gasteiger partial charge in [0, 0.05) is 36.6 Å². The number of rotatable bonds is 3. The van der Waals surface area contributed by atoms with E-state index in [2.05, 4.69) is 29.8 Å². The lowest BCUT2D eigenvalue weighted by Gasteiger charge is -2.32. The van der Waals surface area contributed by atoms with Gasteiger partial charge in [-0.3, -0.25) is 4.79 Å². The van der Waals surface area contributed by atoms with Crippen molar-refractivity contribution in [3.63, 3.8) is 0 Å². The Kier molecular flexibility index (Phi) is 6.76. The molecule has 1 atom stereocenters. The number of carbonyl (C=O) groups is 1. The largest absolute Gasteiger partial charge is 0.345 e. The average Bonchev–Trinajstić information content (AvgIpc) is 2.89. The third-order valence-corrected chi connectivity index (χ3v) is 5.77. The summed E-state index contributed by atoms with van der Waals surface area (Å²) in [4.78, 5) is 15.1. The number of hydrogen-bond acceptors (Lipinski definition) is 2. The van der Waals surface area contributed by atoms with Gasteiger partial charge in [0.1, 0.15) is 0 Å². The summed E-state index contributed by atoms with van der Waals surface area (Å²) >= 11 is 0. The lowest BCUT2D eigenvalue weighted by molar-refractivity contribution is 0.0697. The number of likely N-dealkylation sites (tertiary alicyclic amines) is 1. The molecular weight excluding hydrogens is 322 g/mol. The first-order valence-electron chi connectivity index (χ1n) is 9.26. The Balaban J connectivity index is 0.00000208. The van der Waals surface area contributed by atoms with Gasteiger partial charge in [0.2, 0.25) is 0 Å². The molecule has 2 fully saturated rings. The molecule has 1 saturated carbocycles. The van der Waals surface area contributed by atoms with Gasteiger partial charge in [-0.05, 0) is 52.6 Å². The van der Waals surface area contributed by atoms with Crippen LogP contribution >= 0.6 is 12.4 Å². The standard InChI is InChI=1S/C19H31N3O.ClH/c1-14-12-18(15(2)22(14)17-9-5-4-6-10-17)19(23)21-11-7-8-16(13-21)20-3;/h12,16-17,20H,4-11,13H2,1-3H3;1H. The Hall–Kier alpha value is -1.00. The SMILES string of the molecule is CNC1CCCN(C(=O)c2cc(C)n(C3CCCCC3)c2C)C1.Cl. The number of halogens is 1. The molecule has 0 aromatic carbocycles. The van der Waals surface area contributed by atoms with Crippen LogP contribution in [-0.2, 0) is 0 Å². The highest BCUT2D eigenvalue weighted by Gasteiger charge is 2.28. The molecule has 2 aliphatic rings. The zero-order chi connectivity index (χ0) is 16.4. The van der Waals surface area contributed by atoms with Crippen molar-refractivity contribution in [2.75, 3.05) is 20.1 Å². The summed E-state index contributed by atoms with van der Waals surface area (Å²) in [6.07, 6.45) is 8.79. The maximum absolute atomic E-state index is 13.0. The summed E-state index contributed by atoms with van der Waals surface area (Å²) in [6, 6.07) is 3.15. The third kappa shape index (κ3) is 3.80.